The van der Waals surface area contributed by atoms with E-state index >= 15 is 0 Å². The van der Waals surface area contributed by atoms with Gasteiger partial charge < -0.3 is 14.8 Å². The fourth-order valence-corrected chi connectivity index (χ4v) is 2.51. The Balaban J connectivity index is 2.52. The van der Waals surface area contributed by atoms with Crippen molar-refractivity contribution in [2.24, 2.45) is 0 Å². The topological polar surface area (TPSA) is 111 Å². The molecule has 1 N–H and O–H groups in total. The third kappa shape index (κ3) is 3.70. The van der Waals surface area contributed by atoms with Crippen molar-refractivity contribution >= 4 is 12.0 Å². The minimum atomic E-state index is -0.940. The van der Waals surface area contributed by atoms with Crippen LogP contribution in [0.1, 0.15) is 32.4 Å². The highest BCUT2D eigenvalue weighted by atomic mass is 16.6. The van der Waals surface area contributed by atoms with Gasteiger partial charge >= 0.3 is 12.0 Å². The number of rotatable bonds is 5. The number of allylic oxidation sites excluding steroid dienone is 1. The smallest absolute Gasteiger partial charge is 0.322 e. The van der Waals surface area contributed by atoms with E-state index < -0.39 is 23.0 Å². The van der Waals surface area contributed by atoms with Gasteiger partial charge in [0.2, 0.25) is 0 Å². The van der Waals surface area contributed by atoms with Crippen molar-refractivity contribution < 1.29 is 24.0 Å². The molecule has 1 heterocycles. The summed E-state index contributed by atoms with van der Waals surface area (Å²) in [7, 11) is 1.46. The molecule has 1 aromatic rings. The Kier molecular flexibility index (Phi) is 5.26. The molecular formula is C16H19N3O6. The van der Waals surface area contributed by atoms with E-state index in [2.05, 4.69) is 5.32 Å². The molecule has 1 aliphatic heterocycles. The number of nitrogens with one attached hydrogen (secondary N) is 1. The molecule has 9 nitrogen and oxygen atoms in total. The van der Waals surface area contributed by atoms with Crippen LogP contribution in [0.15, 0.2) is 29.6 Å². The zero-order chi connectivity index (χ0) is 18.7. The zero-order valence-corrected chi connectivity index (χ0v) is 14.4. The second kappa shape index (κ2) is 7.20. The van der Waals surface area contributed by atoms with Gasteiger partial charge in [-0.1, -0.05) is 6.07 Å². The average molecular weight is 349 g/mol. The molecule has 25 heavy (non-hydrogen) atoms. The van der Waals surface area contributed by atoms with Crippen LogP contribution in [0.4, 0.5) is 4.79 Å². The number of amides is 2. The zero-order valence-electron chi connectivity index (χ0n) is 14.4. The fraction of sp³-hybridized carbons (Fsp3) is 0.375. The first-order valence-electron chi connectivity index (χ1n) is 7.60. The molecule has 0 radical (unpaired) electrons. The molecule has 0 bridgehead atoms. The third-order valence-corrected chi connectivity index (χ3v) is 3.77. The van der Waals surface area contributed by atoms with Crippen LogP contribution >= 0.6 is 0 Å². The van der Waals surface area contributed by atoms with Crippen molar-refractivity contribution in [3.05, 3.63) is 45.3 Å². The number of ether oxygens (including phenoxy) is 2. The van der Waals surface area contributed by atoms with E-state index in [1.54, 1.807) is 13.0 Å². The van der Waals surface area contributed by atoms with E-state index in [-0.39, 0.29) is 22.9 Å². The maximum atomic E-state index is 12.0. The van der Waals surface area contributed by atoms with Crippen LogP contribution in [0.2, 0.25) is 0 Å². The number of carbonyl (C=O) groups is 2. The monoisotopic (exact) mass is 349 g/mol. The molecule has 134 valence electrons. The van der Waals surface area contributed by atoms with Gasteiger partial charge in [-0.15, -0.1) is 0 Å². The molecule has 0 aliphatic carbocycles. The van der Waals surface area contributed by atoms with E-state index in [1.165, 1.54) is 37.9 Å². The van der Waals surface area contributed by atoms with E-state index in [1.807, 2.05) is 0 Å². The van der Waals surface area contributed by atoms with Crippen molar-refractivity contribution in [2.75, 3.05) is 13.7 Å². The maximum absolute atomic E-state index is 12.0. The van der Waals surface area contributed by atoms with E-state index in [0.717, 1.165) is 0 Å². The highest BCUT2D eigenvalue weighted by Gasteiger charge is 2.38. The molecule has 0 spiro atoms. The summed E-state index contributed by atoms with van der Waals surface area (Å²) in [6, 6.07) is 3.17. The van der Waals surface area contributed by atoms with Crippen LogP contribution in [0.3, 0.4) is 0 Å². The summed E-state index contributed by atoms with van der Waals surface area (Å²) in [5.74, 6) is -0.0348. The molecule has 0 fully saturated rings. The van der Waals surface area contributed by atoms with Gasteiger partial charge in [0.15, 0.2) is 11.5 Å². The number of urea groups is 1. The summed E-state index contributed by atoms with van der Waals surface area (Å²) in [6.07, 6.45) is 0. The summed E-state index contributed by atoms with van der Waals surface area (Å²) in [4.78, 5) is 35.4. The van der Waals surface area contributed by atoms with Gasteiger partial charge in [0.1, 0.15) is 6.04 Å². The summed E-state index contributed by atoms with van der Waals surface area (Å²) < 4.78 is 10.5. The maximum Gasteiger partial charge on any atom is 0.322 e. The van der Waals surface area contributed by atoms with Crippen LogP contribution in [0.5, 0.6) is 11.5 Å². The molecule has 0 unspecified atom stereocenters. The van der Waals surface area contributed by atoms with Gasteiger partial charge in [0.25, 0.3) is 5.70 Å². The normalized spacial score (nSPS) is 17.2. The summed E-state index contributed by atoms with van der Waals surface area (Å²) in [6.45, 7) is 4.85. The van der Waals surface area contributed by atoms with Gasteiger partial charge in [0.05, 0.1) is 17.2 Å². The minimum Gasteiger partial charge on any atom is -0.490 e. The van der Waals surface area contributed by atoms with Crippen molar-refractivity contribution in [3.8, 4) is 11.5 Å². The molecule has 1 atom stereocenters. The first-order chi connectivity index (χ1) is 11.8. The van der Waals surface area contributed by atoms with E-state index in [0.29, 0.717) is 12.2 Å². The number of carbonyl (C=O) groups excluding carboxylic acids is 2. The highest BCUT2D eigenvalue weighted by molar-refractivity contribution is 5.78. The van der Waals surface area contributed by atoms with Crippen molar-refractivity contribution in [1.29, 1.82) is 0 Å². The second-order valence-electron chi connectivity index (χ2n) is 5.40. The molecular weight excluding hydrogens is 330 g/mol. The number of hydrogen-bond acceptors (Lipinski definition) is 6. The number of esters is 1. The van der Waals surface area contributed by atoms with Crippen LogP contribution in [0.25, 0.3) is 0 Å². The number of nitrogens with zero attached hydrogens (tertiary/aromatic N) is 2. The summed E-state index contributed by atoms with van der Waals surface area (Å²) in [5, 5.41) is 14.1. The third-order valence-electron chi connectivity index (χ3n) is 3.77. The van der Waals surface area contributed by atoms with Crippen molar-refractivity contribution in [3.63, 3.8) is 0 Å². The highest BCUT2D eigenvalue weighted by Crippen LogP contribution is 2.35. The Bertz CT molecular complexity index is 758. The van der Waals surface area contributed by atoms with Crippen molar-refractivity contribution in [2.45, 2.75) is 26.8 Å². The molecule has 2 rings (SSSR count). The molecule has 2 amide bonds. The first-order valence-corrected chi connectivity index (χ1v) is 7.60. The predicted molar refractivity (Wildman–Crippen MR) is 87.7 cm³/mol. The molecule has 9 heteroatoms. The lowest BCUT2D eigenvalue weighted by atomic mass is 10.00. The standard InChI is InChI=1S/C16H19N3O6/c1-5-24-13-8-11(6-7-12(13)25-10(3)20)14-15(19(22)23)9(2)18(4)16(21)17-14/h6-8,14H,5H2,1-4H3,(H,17,21)/t14-/m1/s1. The first kappa shape index (κ1) is 18.2. The van der Waals surface area contributed by atoms with Gasteiger partial charge in [-0.3, -0.25) is 19.8 Å². The molecule has 0 saturated carbocycles. The van der Waals surface area contributed by atoms with Crippen LogP contribution in [-0.2, 0) is 4.79 Å². The van der Waals surface area contributed by atoms with Crippen molar-refractivity contribution in [1.82, 2.24) is 10.2 Å². The second-order valence-corrected chi connectivity index (χ2v) is 5.40. The lowest BCUT2D eigenvalue weighted by molar-refractivity contribution is -0.433. The number of nitro groups is 1. The van der Waals surface area contributed by atoms with Crippen LogP contribution in [0, 0.1) is 10.1 Å². The van der Waals surface area contributed by atoms with Crippen LogP contribution < -0.4 is 14.8 Å². The largest absolute Gasteiger partial charge is 0.490 e. The Morgan fingerprint density at radius 3 is 2.64 bits per heavy atom. The molecule has 0 aromatic heterocycles. The molecule has 1 aromatic carbocycles. The Hall–Kier alpha value is -3.10. The van der Waals surface area contributed by atoms with Crippen LogP contribution in [-0.4, -0.2) is 35.5 Å². The van der Waals surface area contributed by atoms with Gasteiger partial charge in [0, 0.05) is 14.0 Å². The van der Waals surface area contributed by atoms with E-state index in [9.17, 15) is 19.7 Å². The minimum absolute atomic E-state index is 0.134. The average Bonchev–Trinajstić information content (AvgIpc) is 2.53. The van der Waals surface area contributed by atoms with E-state index in [4.69, 9.17) is 9.47 Å². The summed E-state index contributed by atoms with van der Waals surface area (Å²) in [5.41, 5.74) is 0.567. The predicted octanol–water partition coefficient (Wildman–Crippen LogP) is 2.21. The molecule has 0 saturated heterocycles. The Morgan fingerprint density at radius 2 is 2.08 bits per heavy atom. The Labute approximate surface area is 144 Å². The lowest BCUT2D eigenvalue weighted by Gasteiger charge is -2.29. The Morgan fingerprint density at radius 1 is 1.40 bits per heavy atom. The lowest BCUT2D eigenvalue weighted by Crippen LogP contribution is -2.45. The quantitative estimate of drug-likeness (QED) is 0.378. The number of hydrogen-bond donors (Lipinski definition) is 1. The SMILES string of the molecule is CCOc1cc([C@H]2NC(=O)N(C)C(C)=C2[N+](=O)[O-])ccc1OC(C)=O. The van der Waals surface area contributed by atoms with Gasteiger partial charge in [-0.25, -0.2) is 4.79 Å². The van der Waals surface area contributed by atoms with Gasteiger partial charge in [-0.2, -0.15) is 0 Å². The molecule has 1 aliphatic rings. The van der Waals surface area contributed by atoms with Gasteiger partial charge in [-0.05, 0) is 31.5 Å². The number of benzene rings is 1. The summed E-state index contributed by atoms with van der Waals surface area (Å²) >= 11 is 0. The fourth-order valence-electron chi connectivity index (χ4n) is 2.51.